The number of nitrogens with one attached hydrogen (secondary N) is 1. The lowest BCUT2D eigenvalue weighted by Crippen LogP contribution is -2.06. The van der Waals surface area contributed by atoms with Gasteiger partial charge in [0, 0.05) is 17.3 Å². The smallest absolute Gasteiger partial charge is 0.355 e. The lowest BCUT2D eigenvalue weighted by molar-refractivity contribution is 0.0521. The molecular weight excluding hydrogens is 257 g/mol. The van der Waals surface area contributed by atoms with Gasteiger partial charge in [-0.2, -0.15) is 0 Å². The molecule has 94 valence electrons. The first-order valence-corrected chi connectivity index (χ1v) is 5.81. The number of esters is 1. The average molecular weight is 268 g/mol. The number of carbonyl (C=O) groups is 1. The number of hydrogen-bond acceptors (Lipinski definition) is 2. The number of aromatic amines is 1. The van der Waals surface area contributed by atoms with Gasteiger partial charge in [0.2, 0.25) is 0 Å². The molecule has 1 N–H and O–H groups in total. The van der Waals surface area contributed by atoms with Crippen LogP contribution >= 0.6 is 11.6 Å². The zero-order valence-electron chi connectivity index (χ0n) is 9.67. The first-order chi connectivity index (χ1) is 8.63. The quantitative estimate of drug-likeness (QED) is 0.863. The van der Waals surface area contributed by atoms with Gasteiger partial charge in [-0.05, 0) is 31.2 Å². The lowest BCUT2D eigenvalue weighted by atomic mass is 10.1. The predicted octanol–water partition coefficient (Wildman–Crippen LogP) is 3.65. The van der Waals surface area contributed by atoms with E-state index in [0.29, 0.717) is 16.8 Å². The van der Waals surface area contributed by atoms with Crippen molar-refractivity contribution in [2.45, 2.75) is 6.92 Å². The molecule has 0 aliphatic heterocycles. The van der Waals surface area contributed by atoms with Crippen molar-refractivity contribution in [3.8, 4) is 11.1 Å². The number of ether oxygens (including phenoxy) is 1. The first kappa shape index (κ1) is 12.6. The number of halogens is 2. The minimum Gasteiger partial charge on any atom is -0.461 e. The number of carbonyl (C=O) groups excluding carboxylic acids is 1. The summed E-state index contributed by atoms with van der Waals surface area (Å²) in [6.07, 6.45) is 1.61. The van der Waals surface area contributed by atoms with Crippen molar-refractivity contribution in [3.05, 3.63) is 47.0 Å². The van der Waals surface area contributed by atoms with E-state index < -0.39 is 11.8 Å². The Morgan fingerprint density at radius 3 is 2.83 bits per heavy atom. The van der Waals surface area contributed by atoms with E-state index in [2.05, 4.69) is 4.98 Å². The predicted molar refractivity (Wildman–Crippen MR) is 67.2 cm³/mol. The van der Waals surface area contributed by atoms with Gasteiger partial charge >= 0.3 is 5.97 Å². The molecule has 0 amide bonds. The standard InChI is InChI=1S/C13H11ClFNO2/c1-2-18-13(17)12-10(5-6-16-12)9-4-3-8(15)7-11(9)14/h3-7,16H,2H2,1H3. The number of aromatic nitrogens is 1. The molecule has 0 fully saturated rings. The van der Waals surface area contributed by atoms with Gasteiger partial charge in [0.15, 0.2) is 0 Å². The molecule has 0 saturated heterocycles. The molecule has 1 aromatic heterocycles. The summed E-state index contributed by atoms with van der Waals surface area (Å²) in [4.78, 5) is 14.5. The van der Waals surface area contributed by atoms with Crippen molar-refractivity contribution in [2.24, 2.45) is 0 Å². The van der Waals surface area contributed by atoms with E-state index in [9.17, 15) is 9.18 Å². The number of benzene rings is 1. The van der Waals surface area contributed by atoms with Gasteiger partial charge in [-0.15, -0.1) is 0 Å². The van der Waals surface area contributed by atoms with Crippen LogP contribution in [0.3, 0.4) is 0 Å². The van der Waals surface area contributed by atoms with E-state index in [0.717, 1.165) is 0 Å². The lowest BCUT2D eigenvalue weighted by Gasteiger charge is -2.06. The zero-order valence-corrected chi connectivity index (χ0v) is 10.4. The van der Waals surface area contributed by atoms with E-state index in [1.807, 2.05) is 0 Å². The molecule has 1 aromatic carbocycles. The highest BCUT2D eigenvalue weighted by molar-refractivity contribution is 6.33. The van der Waals surface area contributed by atoms with Gasteiger partial charge < -0.3 is 9.72 Å². The summed E-state index contributed by atoms with van der Waals surface area (Å²) in [6.45, 7) is 2.01. The molecule has 2 rings (SSSR count). The van der Waals surface area contributed by atoms with Gasteiger partial charge in [0.25, 0.3) is 0 Å². The van der Waals surface area contributed by atoms with Gasteiger partial charge in [-0.3, -0.25) is 0 Å². The van der Waals surface area contributed by atoms with Crippen LogP contribution in [0, 0.1) is 5.82 Å². The summed E-state index contributed by atoms with van der Waals surface area (Å²) in [5.74, 6) is -0.880. The fourth-order valence-electron chi connectivity index (χ4n) is 1.67. The Hall–Kier alpha value is -1.81. The Balaban J connectivity index is 2.45. The maximum absolute atomic E-state index is 13.0. The highest BCUT2D eigenvalue weighted by atomic mass is 35.5. The second-order valence-corrected chi connectivity index (χ2v) is 4.02. The van der Waals surface area contributed by atoms with Gasteiger partial charge in [0.05, 0.1) is 11.6 Å². The molecular formula is C13H11ClFNO2. The third-order valence-electron chi connectivity index (χ3n) is 2.45. The van der Waals surface area contributed by atoms with E-state index in [1.165, 1.54) is 18.2 Å². The van der Waals surface area contributed by atoms with Crippen molar-refractivity contribution < 1.29 is 13.9 Å². The van der Waals surface area contributed by atoms with Crippen LogP contribution in [-0.2, 0) is 4.74 Å². The highest BCUT2D eigenvalue weighted by Gasteiger charge is 2.17. The van der Waals surface area contributed by atoms with E-state index in [4.69, 9.17) is 16.3 Å². The average Bonchev–Trinajstić information content (AvgIpc) is 2.78. The molecule has 18 heavy (non-hydrogen) atoms. The maximum atomic E-state index is 13.0. The van der Waals surface area contributed by atoms with Gasteiger partial charge in [-0.1, -0.05) is 11.6 Å². The number of rotatable bonds is 3. The summed E-state index contributed by atoms with van der Waals surface area (Å²) in [6, 6.07) is 5.73. The summed E-state index contributed by atoms with van der Waals surface area (Å²) in [5, 5.41) is 0.250. The van der Waals surface area contributed by atoms with E-state index >= 15 is 0 Å². The topological polar surface area (TPSA) is 42.1 Å². The Kier molecular flexibility index (Phi) is 3.67. The second-order valence-electron chi connectivity index (χ2n) is 3.61. The third kappa shape index (κ3) is 2.38. The fraction of sp³-hybridized carbons (Fsp3) is 0.154. The zero-order chi connectivity index (χ0) is 13.1. The molecule has 2 aromatic rings. The van der Waals surface area contributed by atoms with Gasteiger partial charge in [0.1, 0.15) is 11.5 Å². The number of hydrogen-bond donors (Lipinski definition) is 1. The van der Waals surface area contributed by atoms with E-state index in [1.54, 1.807) is 19.2 Å². The molecule has 3 nitrogen and oxygen atoms in total. The van der Waals surface area contributed by atoms with E-state index in [-0.39, 0.29) is 11.6 Å². The molecule has 0 spiro atoms. The summed E-state index contributed by atoms with van der Waals surface area (Å²) in [7, 11) is 0. The van der Waals surface area contributed by atoms with Crippen LogP contribution < -0.4 is 0 Å². The largest absolute Gasteiger partial charge is 0.461 e. The number of H-pyrrole nitrogens is 1. The molecule has 0 unspecified atom stereocenters. The van der Waals surface area contributed by atoms with Crippen LogP contribution in [0.25, 0.3) is 11.1 Å². The molecule has 0 bridgehead atoms. The van der Waals surface area contributed by atoms with Crippen molar-refractivity contribution in [1.29, 1.82) is 0 Å². The molecule has 1 heterocycles. The van der Waals surface area contributed by atoms with Crippen LogP contribution in [0.2, 0.25) is 5.02 Å². The molecule has 5 heteroatoms. The minimum absolute atomic E-state index is 0.250. The van der Waals surface area contributed by atoms with Gasteiger partial charge in [-0.25, -0.2) is 9.18 Å². The summed E-state index contributed by atoms with van der Waals surface area (Å²) < 4.78 is 17.9. The minimum atomic E-state index is -0.460. The van der Waals surface area contributed by atoms with Crippen molar-refractivity contribution in [2.75, 3.05) is 6.61 Å². The van der Waals surface area contributed by atoms with Crippen LogP contribution in [0.4, 0.5) is 4.39 Å². The second kappa shape index (κ2) is 5.23. The third-order valence-corrected chi connectivity index (χ3v) is 2.76. The molecule has 0 aliphatic carbocycles. The fourth-order valence-corrected chi connectivity index (χ4v) is 1.94. The Bertz CT molecular complexity index is 580. The van der Waals surface area contributed by atoms with Crippen molar-refractivity contribution in [3.63, 3.8) is 0 Å². The van der Waals surface area contributed by atoms with Crippen molar-refractivity contribution >= 4 is 17.6 Å². The molecule has 0 aliphatic rings. The molecule has 0 saturated carbocycles. The maximum Gasteiger partial charge on any atom is 0.355 e. The Morgan fingerprint density at radius 2 is 2.17 bits per heavy atom. The Labute approximate surface area is 109 Å². The van der Waals surface area contributed by atoms with Crippen LogP contribution in [0.5, 0.6) is 0 Å². The van der Waals surface area contributed by atoms with Crippen LogP contribution in [0.15, 0.2) is 30.5 Å². The summed E-state index contributed by atoms with van der Waals surface area (Å²) in [5.41, 5.74) is 1.49. The molecule has 0 atom stereocenters. The monoisotopic (exact) mass is 267 g/mol. The van der Waals surface area contributed by atoms with Crippen molar-refractivity contribution in [1.82, 2.24) is 4.98 Å². The van der Waals surface area contributed by atoms with Crippen LogP contribution in [-0.4, -0.2) is 17.6 Å². The molecule has 0 radical (unpaired) electrons. The Morgan fingerprint density at radius 1 is 1.39 bits per heavy atom. The summed E-state index contributed by atoms with van der Waals surface area (Å²) >= 11 is 5.97. The normalized spacial score (nSPS) is 10.4. The SMILES string of the molecule is CCOC(=O)c1[nH]ccc1-c1ccc(F)cc1Cl. The highest BCUT2D eigenvalue weighted by Crippen LogP contribution is 2.31. The first-order valence-electron chi connectivity index (χ1n) is 5.43. The van der Waals surface area contributed by atoms with Crippen LogP contribution in [0.1, 0.15) is 17.4 Å².